The molecule has 0 aliphatic carbocycles. The molecule has 75 heavy (non-hydrogen) atoms. The highest BCUT2D eigenvalue weighted by atomic mass is 16.7. The predicted octanol–water partition coefficient (Wildman–Crippen LogP) is 15.8. The van der Waals surface area contributed by atoms with Gasteiger partial charge in [-0.25, -0.2) is 4.79 Å². The summed E-state index contributed by atoms with van der Waals surface area (Å²) in [5.41, 5.74) is 0. The fourth-order valence-electron chi connectivity index (χ4n) is 9.12. The van der Waals surface area contributed by atoms with E-state index in [9.17, 15) is 34.5 Å². The number of hydrogen-bond donors (Lipinski definition) is 3. The number of carbonyl (C=O) groups excluding carboxylic acids is 3. The van der Waals surface area contributed by atoms with E-state index >= 15 is 0 Å². The van der Waals surface area contributed by atoms with Gasteiger partial charge in [0.1, 0.15) is 18.8 Å². The summed E-state index contributed by atoms with van der Waals surface area (Å²) < 4.78 is 28.4. The number of rotatable bonds is 52. The standard InChI is InChI=1S/C63H110O12/c1-4-7-10-13-16-19-22-24-26-27-28-29-31-32-35-37-40-43-46-49-55(64)71-52-54(73-56(65)50-47-44-41-39-36-33-30-25-23-20-17-14-11-8-5-2)53-72-63-61(59(68)58(67)60(75-63)62(69)70)74-57(66)51-48-45-42-38-34-21-18-15-12-9-6-3/h15-16,18-19,24,26,28-29,54,58-61,63,67-68H,4-14,17,20-23,25,27,30-53H2,1-3H3,(H,69,70)/b18-15-,19-16-,26-24-,29-28-. The van der Waals surface area contributed by atoms with Crippen molar-refractivity contribution in [3.63, 3.8) is 0 Å². The molecule has 0 spiro atoms. The molecule has 1 aliphatic heterocycles. The number of unbranched alkanes of at least 4 members (excludes halogenated alkanes) is 30. The molecule has 1 rings (SSSR count). The van der Waals surface area contributed by atoms with Crippen LogP contribution in [0, 0.1) is 0 Å². The number of allylic oxidation sites excluding steroid dienone is 8. The number of carboxylic acids is 1. The molecule has 3 N–H and O–H groups in total. The summed E-state index contributed by atoms with van der Waals surface area (Å²) in [6, 6.07) is 0. The van der Waals surface area contributed by atoms with E-state index in [1.807, 2.05) is 0 Å². The number of aliphatic hydroxyl groups is 2. The molecule has 434 valence electrons. The number of hydrogen-bond acceptors (Lipinski definition) is 11. The van der Waals surface area contributed by atoms with Gasteiger partial charge in [-0.05, 0) is 77.0 Å². The Hall–Kier alpha value is -3.32. The molecule has 0 radical (unpaired) electrons. The number of aliphatic carboxylic acids is 1. The Morgan fingerprint density at radius 2 is 0.813 bits per heavy atom. The molecule has 12 nitrogen and oxygen atoms in total. The largest absolute Gasteiger partial charge is 0.479 e. The fourth-order valence-corrected chi connectivity index (χ4v) is 9.12. The van der Waals surface area contributed by atoms with Gasteiger partial charge in [0.05, 0.1) is 6.61 Å². The van der Waals surface area contributed by atoms with Crippen molar-refractivity contribution < 1.29 is 58.2 Å². The highest BCUT2D eigenvalue weighted by molar-refractivity contribution is 5.74. The van der Waals surface area contributed by atoms with Crippen LogP contribution in [-0.2, 0) is 42.9 Å². The van der Waals surface area contributed by atoms with E-state index in [-0.39, 0.29) is 25.9 Å². The van der Waals surface area contributed by atoms with Gasteiger partial charge < -0.3 is 39.0 Å². The molecule has 12 heteroatoms. The molecule has 6 atom stereocenters. The monoisotopic (exact) mass is 1060 g/mol. The van der Waals surface area contributed by atoms with Crippen molar-refractivity contribution in [2.75, 3.05) is 13.2 Å². The Balaban J connectivity index is 2.67. The van der Waals surface area contributed by atoms with Crippen molar-refractivity contribution in [3.8, 4) is 0 Å². The second kappa shape index (κ2) is 51.4. The van der Waals surface area contributed by atoms with E-state index in [4.69, 9.17) is 23.7 Å². The summed E-state index contributed by atoms with van der Waals surface area (Å²) in [5.74, 6) is -3.13. The van der Waals surface area contributed by atoms with Crippen LogP contribution < -0.4 is 0 Å². The molecule has 1 heterocycles. The zero-order valence-electron chi connectivity index (χ0n) is 47.8. The fraction of sp³-hybridized carbons (Fsp3) is 0.810. The maximum atomic E-state index is 13.2. The van der Waals surface area contributed by atoms with Gasteiger partial charge in [-0.3, -0.25) is 14.4 Å². The van der Waals surface area contributed by atoms with E-state index in [0.29, 0.717) is 19.3 Å². The molecule has 1 fully saturated rings. The summed E-state index contributed by atoms with van der Waals surface area (Å²) >= 11 is 0. The lowest BCUT2D eigenvalue weighted by atomic mass is 9.98. The highest BCUT2D eigenvalue weighted by Gasteiger charge is 2.50. The van der Waals surface area contributed by atoms with E-state index in [1.165, 1.54) is 109 Å². The van der Waals surface area contributed by atoms with Gasteiger partial charge in [0, 0.05) is 19.3 Å². The first-order valence-electron chi connectivity index (χ1n) is 30.6. The Morgan fingerprint density at radius 1 is 0.440 bits per heavy atom. The van der Waals surface area contributed by atoms with E-state index in [1.54, 1.807) is 0 Å². The molecule has 0 aromatic carbocycles. The molecular weight excluding hydrogens is 949 g/mol. The quantitative estimate of drug-likeness (QED) is 0.0228. The molecular formula is C63H110O12. The van der Waals surface area contributed by atoms with Crippen molar-refractivity contribution in [1.29, 1.82) is 0 Å². The normalized spacial score (nSPS) is 18.4. The average Bonchev–Trinajstić information content (AvgIpc) is 3.39. The van der Waals surface area contributed by atoms with Gasteiger partial charge in [0.2, 0.25) is 0 Å². The number of aliphatic hydroxyl groups excluding tert-OH is 2. The third kappa shape index (κ3) is 41.5. The molecule has 1 saturated heterocycles. The zero-order valence-corrected chi connectivity index (χ0v) is 47.8. The molecule has 0 amide bonds. The number of carbonyl (C=O) groups is 4. The maximum Gasteiger partial charge on any atom is 0.335 e. The molecule has 1 aliphatic rings. The van der Waals surface area contributed by atoms with Crippen molar-refractivity contribution in [3.05, 3.63) is 48.6 Å². The minimum absolute atomic E-state index is 0.0503. The summed E-state index contributed by atoms with van der Waals surface area (Å²) in [6.45, 7) is 5.93. The molecule has 0 bridgehead atoms. The lowest BCUT2D eigenvalue weighted by molar-refractivity contribution is -0.301. The topological polar surface area (TPSA) is 175 Å². The van der Waals surface area contributed by atoms with Crippen LogP contribution >= 0.6 is 0 Å². The maximum absolute atomic E-state index is 13.2. The average molecular weight is 1060 g/mol. The van der Waals surface area contributed by atoms with Gasteiger partial charge in [-0.1, -0.05) is 230 Å². The summed E-state index contributed by atoms with van der Waals surface area (Å²) in [4.78, 5) is 51.1. The number of ether oxygens (including phenoxy) is 5. The van der Waals surface area contributed by atoms with Gasteiger partial charge in [-0.2, -0.15) is 0 Å². The van der Waals surface area contributed by atoms with Crippen LogP contribution in [0.15, 0.2) is 48.6 Å². The van der Waals surface area contributed by atoms with Gasteiger partial charge in [-0.15, -0.1) is 0 Å². The van der Waals surface area contributed by atoms with Crippen molar-refractivity contribution in [1.82, 2.24) is 0 Å². The third-order valence-corrected chi connectivity index (χ3v) is 13.9. The Morgan fingerprint density at radius 3 is 1.29 bits per heavy atom. The van der Waals surface area contributed by atoms with Crippen LogP contribution in [0.5, 0.6) is 0 Å². The van der Waals surface area contributed by atoms with Gasteiger partial charge >= 0.3 is 23.9 Å². The lowest BCUT2D eigenvalue weighted by Gasteiger charge is -2.40. The Kier molecular flexibility index (Phi) is 47.8. The minimum atomic E-state index is -1.90. The van der Waals surface area contributed by atoms with Crippen LogP contribution in [0.3, 0.4) is 0 Å². The molecule has 0 aromatic rings. The summed E-state index contributed by atoms with van der Waals surface area (Å²) in [5, 5.41) is 31.4. The Bertz CT molecular complexity index is 1490. The first-order valence-corrected chi connectivity index (χ1v) is 30.6. The minimum Gasteiger partial charge on any atom is -0.479 e. The smallest absolute Gasteiger partial charge is 0.335 e. The predicted molar refractivity (Wildman–Crippen MR) is 303 cm³/mol. The van der Waals surface area contributed by atoms with Gasteiger partial charge in [0.15, 0.2) is 24.6 Å². The second-order valence-electron chi connectivity index (χ2n) is 21.0. The molecule has 6 unspecified atom stereocenters. The first-order chi connectivity index (χ1) is 36.6. The molecule has 0 saturated carbocycles. The van der Waals surface area contributed by atoms with Crippen LogP contribution in [0.2, 0.25) is 0 Å². The first kappa shape index (κ1) is 69.7. The second-order valence-corrected chi connectivity index (χ2v) is 21.0. The summed E-state index contributed by atoms with van der Waals surface area (Å²) in [6.07, 6.45) is 49.4. The number of carboxylic acid groups (broad SMARTS) is 1. The summed E-state index contributed by atoms with van der Waals surface area (Å²) in [7, 11) is 0. The van der Waals surface area contributed by atoms with E-state index in [0.717, 1.165) is 109 Å². The van der Waals surface area contributed by atoms with Crippen LogP contribution in [0.25, 0.3) is 0 Å². The van der Waals surface area contributed by atoms with Crippen LogP contribution in [0.1, 0.15) is 278 Å². The van der Waals surface area contributed by atoms with Crippen LogP contribution in [0.4, 0.5) is 0 Å². The molecule has 0 aromatic heterocycles. The lowest BCUT2D eigenvalue weighted by Crippen LogP contribution is -2.61. The highest BCUT2D eigenvalue weighted by Crippen LogP contribution is 2.26. The van der Waals surface area contributed by atoms with Crippen molar-refractivity contribution in [2.24, 2.45) is 0 Å². The van der Waals surface area contributed by atoms with Crippen LogP contribution in [-0.4, -0.2) is 89.2 Å². The van der Waals surface area contributed by atoms with E-state index in [2.05, 4.69) is 69.4 Å². The van der Waals surface area contributed by atoms with Crippen molar-refractivity contribution >= 4 is 23.9 Å². The Labute approximate surface area is 456 Å². The third-order valence-electron chi connectivity index (χ3n) is 13.9. The number of esters is 3. The SMILES string of the molecule is CCCC/C=C\CCCCCCCC(=O)OC1C(OCC(COC(=O)CCCCCCCC/C=C\C/C=C\C/C=C\CCCCC)OC(=O)CCCCCCCCCCCCCCCCC)OC(C(=O)O)C(O)C1O. The van der Waals surface area contributed by atoms with E-state index < -0.39 is 67.3 Å². The van der Waals surface area contributed by atoms with Crippen molar-refractivity contribution in [2.45, 2.75) is 314 Å². The van der Waals surface area contributed by atoms with Gasteiger partial charge in [0.25, 0.3) is 0 Å². The zero-order chi connectivity index (χ0) is 54.7.